The van der Waals surface area contributed by atoms with Gasteiger partial charge in [-0.05, 0) is 69.1 Å². The van der Waals surface area contributed by atoms with Gasteiger partial charge in [0, 0.05) is 19.0 Å². The highest BCUT2D eigenvalue weighted by molar-refractivity contribution is 5.21. The number of aromatic nitrogens is 2. The van der Waals surface area contributed by atoms with Gasteiger partial charge in [-0.2, -0.15) is 4.98 Å². The normalized spacial score (nSPS) is 26.5. The SMILES string of the molecule is CN1C[C@H](c2ccccc2)CC2(CCN(Cc3noc(C4CC4)n3)CC2)C1. The number of nitrogens with zero attached hydrogens (tertiary/aromatic N) is 4. The minimum Gasteiger partial charge on any atom is -0.339 e. The molecule has 0 amide bonds. The van der Waals surface area contributed by atoms with Crippen LogP contribution < -0.4 is 0 Å². The van der Waals surface area contributed by atoms with Crippen LogP contribution in [0.5, 0.6) is 0 Å². The Morgan fingerprint density at radius 2 is 1.89 bits per heavy atom. The zero-order valence-electron chi connectivity index (χ0n) is 16.3. The van der Waals surface area contributed by atoms with Crippen molar-refractivity contribution in [1.82, 2.24) is 19.9 Å². The van der Waals surface area contributed by atoms with Crippen LogP contribution >= 0.6 is 0 Å². The van der Waals surface area contributed by atoms with E-state index in [0.717, 1.165) is 31.3 Å². The molecule has 0 unspecified atom stereocenters. The Balaban J connectivity index is 1.21. The molecule has 3 fully saturated rings. The van der Waals surface area contributed by atoms with Crippen molar-refractivity contribution in [1.29, 1.82) is 0 Å². The number of likely N-dealkylation sites (tertiary alicyclic amines) is 2. The van der Waals surface area contributed by atoms with Crippen molar-refractivity contribution in [2.75, 3.05) is 33.2 Å². The molecule has 3 heterocycles. The van der Waals surface area contributed by atoms with Gasteiger partial charge in [0.25, 0.3) is 0 Å². The number of hydrogen-bond donors (Lipinski definition) is 0. The van der Waals surface area contributed by atoms with E-state index in [0.29, 0.717) is 17.3 Å². The third-order valence-corrected chi connectivity index (χ3v) is 6.78. The highest BCUT2D eigenvalue weighted by Gasteiger charge is 2.41. The van der Waals surface area contributed by atoms with Crippen LogP contribution in [0.3, 0.4) is 0 Å². The highest BCUT2D eigenvalue weighted by atomic mass is 16.5. The number of hydrogen-bond acceptors (Lipinski definition) is 5. The van der Waals surface area contributed by atoms with Crippen molar-refractivity contribution >= 4 is 0 Å². The minimum absolute atomic E-state index is 0.459. The molecule has 0 N–H and O–H groups in total. The largest absolute Gasteiger partial charge is 0.339 e. The van der Waals surface area contributed by atoms with E-state index in [-0.39, 0.29) is 0 Å². The first-order valence-electron chi connectivity index (χ1n) is 10.5. The maximum absolute atomic E-state index is 5.42. The second-order valence-corrected chi connectivity index (χ2v) is 9.11. The Morgan fingerprint density at radius 1 is 1.11 bits per heavy atom. The summed E-state index contributed by atoms with van der Waals surface area (Å²) in [5.74, 6) is 2.94. The summed E-state index contributed by atoms with van der Waals surface area (Å²) < 4.78 is 5.42. The van der Waals surface area contributed by atoms with Crippen molar-refractivity contribution in [3.63, 3.8) is 0 Å². The second kappa shape index (κ2) is 7.02. The Bertz CT molecular complexity index is 762. The molecule has 1 spiro atoms. The topological polar surface area (TPSA) is 45.4 Å². The van der Waals surface area contributed by atoms with Gasteiger partial charge in [0.2, 0.25) is 5.89 Å². The van der Waals surface area contributed by atoms with E-state index in [1.54, 1.807) is 0 Å². The molecule has 1 atom stereocenters. The molecule has 144 valence electrons. The fourth-order valence-electron chi connectivity index (χ4n) is 5.19. The fourth-order valence-corrected chi connectivity index (χ4v) is 5.19. The zero-order valence-corrected chi connectivity index (χ0v) is 16.3. The predicted octanol–water partition coefficient (Wildman–Crippen LogP) is 3.65. The summed E-state index contributed by atoms with van der Waals surface area (Å²) >= 11 is 0. The molecule has 2 aromatic rings. The van der Waals surface area contributed by atoms with Crippen LogP contribution in [0, 0.1) is 5.41 Å². The lowest BCUT2D eigenvalue weighted by atomic mass is 9.68. The third kappa shape index (κ3) is 3.81. The zero-order chi connectivity index (χ0) is 18.3. The van der Waals surface area contributed by atoms with Crippen molar-refractivity contribution in [3.05, 3.63) is 47.6 Å². The maximum atomic E-state index is 5.42. The fraction of sp³-hybridized carbons (Fsp3) is 0.636. The molecule has 1 aromatic carbocycles. The Labute approximate surface area is 161 Å². The van der Waals surface area contributed by atoms with Crippen molar-refractivity contribution in [2.24, 2.45) is 5.41 Å². The molecular weight excluding hydrogens is 336 g/mol. The van der Waals surface area contributed by atoms with E-state index in [2.05, 4.69) is 57.3 Å². The van der Waals surface area contributed by atoms with Gasteiger partial charge in [0.15, 0.2) is 5.82 Å². The van der Waals surface area contributed by atoms with Gasteiger partial charge in [-0.3, -0.25) is 4.90 Å². The van der Waals surface area contributed by atoms with Gasteiger partial charge in [-0.15, -0.1) is 0 Å². The van der Waals surface area contributed by atoms with Crippen LogP contribution in [0.4, 0.5) is 0 Å². The Morgan fingerprint density at radius 3 is 2.63 bits per heavy atom. The second-order valence-electron chi connectivity index (χ2n) is 9.11. The van der Waals surface area contributed by atoms with E-state index in [1.807, 2.05) is 0 Å². The van der Waals surface area contributed by atoms with E-state index >= 15 is 0 Å². The summed E-state index contributed by atoms with van der Waals surface area (Å²) in [4.78, 5) is 9.67. The molecular formula is C22H30N4O. The first-order chi connectivity index (χ1) is 13.2. The average molecular weight is 367 g/mol. The number of likely N-dealkylation sites (N-methyl/N-ethyl adjacent to an activating group) is 1. The molecule has 1 aromatic heterocycles. The molecule has 2 saturated heterocycles. The molecule has 1 aliphatic carbocycles. The summed E-state index contributed by atoms with van der Waals surface area (Å²) in [7, 11) is 2.29. The van der Waals surface area contributed by atoms with E-state index in [9.17, 15) is 0 Å². The molecule has 3 aliphatic rings. The van der Waals surface area contributed by atoms with Crippen LogP contribution in [0.15, 0.2) is 34.9 Å². The average Bonchev–Trinajstić information content (AvgIpc) is 3.43. The first-order valence-corrected chi connectivity index (χ1v) is 10.5. The monoisotopic (exact) mass is 366 g/mol. The molecule has 0 radical (unpaired) electrons. The molecule has 1 saturated carbocycles. The number of piperidine rings is 2. The quantitative estimate of drug-likeness (QED) is 0.826. The van der Waals surface area contributed by atoms with Crippen molar-refractivity contribution in [3.8, 4) is 0 Å². The summed E-state index contributed by atoms with van der Waals surface area (Å²) in [6.45, 7) is 5.54. The van der Waals surface area contributed by atoms with Crippen LogP contribution in [-0.2, 0) is 6.54 Å². The van der Waals surface area contributed by atoms with Gasteiger partial charge in [-0.25, -0.2) is 0 Å². The van der Waals surface area contributed by atoms with Crippen LogP contribution in [0.25, 0.3) is 0 Å². The Hall–Kier alpha value is -1.72. The van der Waals surface area contributed by atoms with Gasteiger partial charge in [-0.1, -0.05) is 35.5 Å². The van der Waals surface area contributed by atoms with E-state index in [1.165, 1.54) is 50.8 Å². The smallest absolute Gasteiger partial charge is 0.229 e. The lowest BCUT2D eigenvalue weighted by Crippen LogP contribution is -2.50. The minimum atomic E-state index is 0.459. The number of rotatable bonds is 4. The molecule has 5 heteroatoms. The lowest BCUT2D eigenvalue weighted by Gasteiger charge is -2.49. The summed E-state index contributed by atoms with van der Waals surface area (Å²) in [5.41, 5.74) is 1.96. The molecule has 0 bridgehead atoms. The first kappa shape index (κ1) is 17.4. The van der Waals surface area contributed by atoms with Crippen LogP contribution in [0.2, 0.25) is 0 Å². The summed E-state index contributed by atoms with van der Waals surface area (Å²) in [5, 5.41) is 4.20. The number of benzene rings is 1. The lowest BCUT2D eigenvalue weighted by molar-refractivity contribution is 0.0210. The molecule has 2 aliphatic heterocycles. The Kier molecular flexibility index (Phi) is 4.52. The van der Waals surface area contributed by atoms with Crippen LogP contribution in [0.1, 0.15) is 61.2 Å². The van der Waals surface area contributed by atoms with Gasteiger partial charge in [0.05, 0.1) is 6.54 Å². The molecule has 5 nitrogen and oxygen atoms in total. The maximum Gasteiger partial charge on any atom is 0.229 e. The van der Waals surface area contributed by atoms with Gasteiger partial charge < -0.3 is 9.42 Å². The van der Waals surface area contributed by atoms with E-state index < -0.39 is 0 Å². The van der Waals surface area contributed by atoms with Gasteiger partial charge >= 0.3 is 0 Å². The highest BCUT2D eigenvalue weighted by Crippen LogP contribution is 2.45. The molecule has 5 rings (SSSR count). The summed E-state index contributed by atoms with van der Waals surface area (Å²) in [6, 6.07) is 11.1. The summed E-state index contributed by atoms with van der Waals surface area (Å²) in [6.07, 6.45) is 6.29. The third-order valence-electron chi connectivity index (χ3n) is 6.78. The van der Waals surface area contributed by atoms with Gasteiger partial charge in [0.1, 0.15) is 0 Å². The van der Waals surface area contributed by atoms with E-state index in [4.69, 9.17) is 4.52 Å². The van der Waals surface area contributed by atoms with Crippen molar-refractivity contribution in [2.45, 2.75) is 50.5 Å². The van der Waals surface area contributed by atoms with Crippen molar-refractivity contribution < 1.29 is 4.52 Å². The standard InChI is InChI=1S/C22H30N4O/c1-25-14-19(17-5-3-2-4-6-17)13-22(16-25)9-11-26(12-10-22)15-20-23-21(27-24-20)18-7-8-18/h2-6,18-19H,7-16H2,1H3/t19-/m1/s1. The predicted molar refractivity (Wildman–Crippen MR) is 105 cm³/mol. The molecule has 27 heavy (non-hydrogen) atoms. The van der Waals surface area contributed by atoms with Crippen LogP contribution in [-0.4, -0.2) is 53.2 Å².